The Morgan fingerprint density at radius 2 is 1.79 bits per heavy atom. The SMILES string of the molecule is CCOC(=O)c1ccc2c(c1)NC(=O)C2=C(Nc1ccc(CN(C)C)c(Cl)c1)c1ccccc1. The first-order valence-corrected chi connectivity index (χ1v) is 11.4. The van der Waals surface area contributed by atoms with E-state index in [9.17, 15) is 9.59 Å². The maximum Gasteiger partial charge on any atom is 0.338 e. The molecule has 0 saturated heterocycles. The second-order valence-corrected chi connectivity index (χ2v) is 8.63. The number of hydrogen-bond acceptors (Lipinski definition) is 5. The van der Waals surface area contributed by atoms with Gasteiger partial charge in [0.05, 0.1) is 29.1 Å². The smallest absolute Gasteiger partial charge is 0.338 e. The van der Waals surface area contributed by atoms with Crippen LogP contribution in [-0.4, -0.2) is 37.5 Å². The maximum absolute atomic E-state index is 13.1. The molecule has 0 aromatic heterocycles. The number of anilines is 2. The zero-order chi connectivity index (χ0) is 24.2. The Hall–Kier alpha value is -3.61. The van der Waals surface area contributed by atoms with Gasteiger partial charge in [0.1, 0.15) is 0 Å². The van der Waals surface area contributed by atoms with Gasteiger partial charge in [0.15, 0.2) is 0 Å². The third-order valence-electron chi connectivity index (χ3n) is 5.40. The number of nitrogens with zero attached hydrogens (tertiary/aromatic N) is 1. The number of ether oxygens (including phenoxy) is 1. The molecule has 0 unspecified atom stereocenters. The Balaban J connectivity index is 1.79. The molecule has 0 aliphatic carbocycles. The van der Waals surface area contributed by atoms with Crippen LogP contribution in [0.25, 0.3) is 11.3 Å². The fourth-order valence-corrected chi connectivity index (χ4v) is 4.12. The van der Waals surface area contributed by atoms with Crippen LogP contribution in [0.1, 0.15) is 34.0 Å². The van der Waals surface area contributed by atoms with Crippen LogP contribution < -0.4 is 10.6 Å². The number of rotatable bonds is 7. The quantitative estimate of drug-likeness (QED) is 0.348. The van der Waals surface area contributed by atoms with Gasteiger partial charge in [0.2, 0.25) is 0 Å². The second-order valence-electron chi connectivity index (χ2n) is 8.22. The van der Waals surface area contributed by atoms with Crippen LogP contribution in [0, 0.1) is 0 Å². The molecule has 3 aromatic carbocycles. The van der Waals surface area contributed by atoms with Gasteiger partial charge < -0.3 is 20.3 Å². The molecule has 2 N–H and O–H groups in total. The van der Waals surface area contributed by atoms with Gasteiger partial charge in [-0.05, 0) is 56.4 Å². The molecule has 3 aromatic rings. The van der Waals surface area contributed by atoms with E-state index in [1.165, 1.54) is 0 Å². The average Bonchev–Trinajstić information content (AvgIpc) is 3.14. The van der Waals surface area contributed by atoms with Crippen molar-refractivity contribution in [1.29, 1.82) is 0 Å². The van der Waals surface area contributed by atoms with Crippen LogP contribution in [0.4, 0.5) is 11.4 Å². The zero-order valence-electron chi connectivity index (χ0n) is 19.3. The number of esters is 1. The first-order chi connectivity index (χ1) is 16.4. The minimum atomic E-state index is -0.425. The average molecular weight is 476 g/mol. The Morgan fingerprint density at radius 3 is 2.47 bits per heavy atom. The lowest BCUT2D eigenvalue weighted by molar-refractivity contribution is -0.110. The van der Waals surface area contributed by atoms with E-state index in [-0.39, 0.29) is 12.5 Å². The maximum atomic E-state index is 13.1. The Bertz CT molecular complexity index is 1270. The summed E-state index contributed by atoms with van der Waals surface area (Å²) in [5.41, 5.74) is 5.44. The van der Waals surface area contributed by atoms with Crippen molar-refractivity contribution in [2.45, 2.75) is 13.5 Å². The van der Waals surface area contributed by atoms with Crippen molar-refractivity contribution in [3.8, 4) is 0 Å². The summed E-state index contributed by atoms with van der Waals surface area (Å²) in [6.45, 7) is 2.76. The molecular weight excluding hydrogens is 450 g/mol. The molecule has 0 fully saturated rings. The normalized spacial score (nSPS) is 14.0. The monoisotopic (exact) mass is 475 g/mol. The van der Waals surface area contributed by atoms with Crippen LogP contribution in [0.5, 0.6) is 0 Å². The molecule has 0 atom stereocenters. The summed E-state index contributed by atoms with van der Waals surface area (Å²) in [6, 6.07) is 20.5. The van der Waals surface area contributed by atoms with Crippen molar-refractivity contribution >= 4 is 46.1 Å². The fourth-order valence-electron chi connectivity index (χ4n) is 3.88. The Kier molecular flexibility index (Phi) is 7.01. The summed E-state index contributed by atoms with van der Waals surface area (Å²) in [5, 5.41) is 6.95. The number of amides is 1. The van der Waals surface area contributed by atoms with E-state index in [0.717, 1.165) is 23.4 Å². The third kappa shape index (κ3) is 4.98. The Labute approximate surface area is 204 Å². The topological polar surface area (TPSA) is 70.7 Å². The molecular formula is C27H26ClN3O3. The standard InChI is InChI=1S/C27H26ClN3O3/c1-4-34-27(33)18-11-13-21-23(14-18)30-26(32)24(21)25(17-8-6-5-7-9-17)29-20-12-10-19(16-31(2)3)22(28)15-20/h5-15,29H,4,16H2,1-3H3,(H,30,32). The van der Waals surface area contributed by atoms with E-state index >= 15 is 0 Å². The molecule has 174 valence electrons. The summed E-state index contributed by atoms with van der Waals surface area (Å²) in [5.74, 6) is -0.677. The predicted molar refractivity (Wildman–Crippen MR) is 137 cm³/mol. The van der Waals surface area contributed by atoms with Gasteiger partial charge in [-0.25, -0.2) is 4.79 Å². The summed E-state index contributed by atoms with van der Waals surface area (Å²) in [4.78, 5) is 27.3. The number of halogens is 1. The molecule has 0 radical (unpaired) electrons. The summed E-state index contributed by atoms with van der Waals surface area (Å²) in [6.07, 6.45) is 0. The van der Waals surface area contributed by atoms with E-state index in [1.807, 2.05) is 62.6 Å². The highest BCUT2D eigenvalue weighted by Crippen LogP contribution is 2.38. The molecule has 1 aliphatic rings. The molecule has 1 amide bonds. The minimum Gasteiger partial charge on any atom is -0.462 e. The summed E-state index contributed by atoms with van der Waals surface area (Å²) >= 11 is 6.54. The van der Waals surface area contributed by atoms with Crippen molar-refractivity contribution in [2.24, 2.45) is 0 Å². The van der Waals surface area contributed by atoms with Gasteiger partial charge in [-0.3, -0.25) is 4.79 Å². The first-order valence-electron chi connectivity index (χ1n) is 11.0. The van der Waals surface area contributed by atoms with Crippen LogP contribution in [0.3, 0.4) is 0 Å². The van der Waals surface area contributed by atoms with Gasteiger partial charge in [-0.15, -0.1) is 0 Å². The second kappa shape index (κ2) is 10.1. The van der Waals surface area contributed by atoms with Crippen molar-refractivity contribution in [1.82, 2.24) is 4.90 Å². The van der Waals surface area contributed by atoms with Crippen LogP contribution >= 0.6 is 11.6 Å². The van der Waals surface area contributed by atoms with Gasteiger partial charge in [-0.2, -0.15) is 0 Å². The van der Waals surface area contributed by atoms with Crippen LogP contribution in [0.2, 0.25) is 5.02 Å². The highest BCUT2D eigenvalue weighted by Gasteiger charge is 2.29. The van der Waals surface area contributed by atoms with E-state index in [0.29, 0.717) is 33.1 Å². The predicted octanol–water partition coefficient (Wildman–Crippen LogP) is 5.51. The summed E-state index contributed by atoms with van der Waals surface area (Å²) < 4.78 is 5.09. The van der Waals surface area contributed by atoms with Crippen molar-refractivity contribution < 1.29 is 14.3 Å². The molecule has 34 heavy (non-hydrogen) atoms. The lowest BCUT2D eigenvalue weighted by Gasteiger charge is -2.17. The van der Waals surface area contributed by atoms with Crippen molar-refractivity contribution in [3.63, 3.8) is 0 Å². The highest BCUT2D eigenvalue weighted by atomic mass is 35.5. The molecule has 7 heteroatoms. The number of hydrogen-bond donors (Lipinski definition) is 2. The molecule has 1 heterocycles. The van der Waals surface area contributed by atoms with Crippen molar-refractivity contribution in [3.05, 3.63) is 94.0 Å². The third-order valence-corrected chi connectivity index (χ3v) is 5.75. The van der Waals surface area contributed by atoms with E-state index in [4.69, 9.17) is 16.3 Å². The van der Waals surface area contributed by atoms with Crippen molar-refractivity contribution in [2.75, 3.05) is 31.3 Å². The zero-order valence-corrected chi connectivity index (χ0v) is 20.1. The number of benzene rings is 3. The minimum absolute atomic E-state index is 0.252. The Morgan fingerprint density at radius 1 is 1.03 bits per heavy atom. The molecule has 0 saturated carbocycles. The number of carbonyl (C=O) groups excluding carboxylic acids is 2. The van der Waals surface area contributed by atoms with E-state index < -0.39 is 5.97 Å². The van der Waals surface area contributed by atoms with Gasteiger partial charge >= 0.3 is 5.97 Å². The van der Waals surface area contributed by atoms with E-state index in [1.54, 1.807) is 25.1 Å². The number of nitrogens with one attached hydrogen (secondary N) is 2. The molecule has 0 bridgehead atoms. The molecule has 6 nitrogen and oxygen atoms in total. The number of fused-ring (bicyclic) bond motifs is 1. The van der Waals surface area contributed by atoms with Gasteiger partial charge in [0.25, 0.3) is 5.91 Å². The molecule has 4 rings (SSSR count). The molecule has 0 spiro atoms. The lowest BCUT2D eigenvalue weighted by atomic mass is 9.99. The number of carbonyl (C=O) groups is 2. The van der Waals surface area contributed by atoms with Crippen LogP contribution in [0.15, 0.2) is 66.7 Å². The van der Waals surface area contributed by atoms with Crippen LogP contribution in [-0.2, 0) is 16.1 Å². The van der Waals surface area contributed by atoms with E-state index in [2.05, 4.69) is 15.5 Å². The van der Waals surface area contributed by atoms with Gasteiger partial charge in [0, 0.05) is 22.8 Å². The molecule has 1 aliphatic heterocycles. The lowest BCUT2D eigenvalue weighted by Crippen LogP contribution is -2.12. The largest absolute Gasteiger partial charge is 0.462 e. The first kappa shape index (κ1) is 23.5. The fraction of sp³-hybridized carbons (Fsp3) is 0.185. The summed E-state index contributed by atoms with van der Waals surface area (Å²) in [7, 11) is 3.98. The van der Waals surface area contributed by atoms with Gasteiger partial charge in [-0.1, -0.05) is 54.1 Å². The highest BCUT2D eigenvalue weighted by molar-refractivity contribution is 6.37.